The minimum Gasteiger partial charge on any atom is -0.336 e. The second-order valence-electron chi connectivity index (χ2n) is 4.70. The Bertz CT molecular complexity index is 626. The molecule has 0 bridgehead atoms. The molecule has 9 heteroatoms. The fourth-order valence-electron chi connectivity index (χ4n) is 2.23. The van der Waals surface area contributed by atoms with Crippen LogP contribution in [-0.4, -0.2) is 42.0 Å². The molecule has 1 aliphatic rings. The first-order chi connectivity index (χ1) is 9.65. The Balaban J connectivity index is 0.00000121. The van der Waals surface area contributed by atoms with Crippen molar-refractivity contribution in [1.82, 2.24) is 15.2 Å². The van der Waals surface area contributed by atoms with Crippen LogP contribution in [0, 0.1) is 0 Å². The summed E-state index contributed by atoms with van der Waals surface area (Å²) in [6.07, 6.45) is 1.000. The van der Waals surface area contributed by atoms with Gasteiger partial charge in [0.2, 0.25) is 0 Å². The van der Waals surface area contributed by atoms with Crippen molar-refractivity contribution in [2.24, 2.45) is 0 Å². The molecule has 0 spiro atoms. The monoisotopic (exact) mass is 399 g/mol. The Morgan fingerprint density at radius 1 is 1.45 bits per heavy atom. The number of amides is 1. The lowest BCUT2D eigenvalue weighted by Crippen LogP contribution is -2.38. The fraction of sp³-hybridized carbons (Fsp3) is 0.385. The minimum atomic E-state index is -0.0103. The van der Waals surface area contributed by atoms with Crippen molar-refractivity contribution < 1.29 is 4.79 Å². The summed E-state index contributed by atoms with van der Waals surface area (Å²) in [6.45, 7) is 1.83. The van der Waals surface area contributed by atoms with Gasteiger partial charge in [0.25, 0.3) is 5.91 Å². The number of carbonyl (C=O) groups is 1. The summed E-state index contributed by atoms with van der Waals surface area (Å²) < 4.78 is 0.734. The number of carbonyl (C=O) groups excluding carboxylic acids is 1. The summed E-state index contributed by atoms with van der Waals surface area (Å²) in [6, 6.07) is 4.05. The highest BCUT2D eigenvalue weighted by Gasteiger charge is 2.25. The van der Waals surface area contributed by atoms with Gasteiger partial charge in [-0.25, -0.2) is 4.98 Å². The van der Waals surface area contributed by atoms with E-state index in [0.29, 0.717) is 5.69 Å². The number of thiophene rings is 1. The van der Waals surface area contributed by atoms with E-state index in [-0.39, 0.29) is 36.8 Å². The minimum absolute atomic E-state index is 0. The van der Waals surface area contributed by atoms with Gasteiger partial charge in [-0.1, -0.05) is 11.6 Å². The average Bonchev–Trinajstić information content (AvgIpc) is 3.17. The third-order valence-corrected chi connectivity index (χ3v) is 5.65. The zero-order valence-corrected chi connectivity index (χ0v) is 15.8. The molecule has 4 nitrogen and oxygen atoms in total. The normalized spacial score (nSPS) is 16.7. The lowest BCUT2D eigenvalue weighted by molar-refractivity contribution is 0.0739. The Morgan fingerprint density at radius 2 is 2.23 bits per heavy atom. The van der Waals surface area contributed by atoms with Crippen LogP contribution >= 0.6 is 59.1 Å². The molecule has 22 heavy (non-hydrogen) atoms. The predicted octanol–water partition coefficient (Wildman–Crippen LogP) is 3.80. The first kappa shape index (κ1) is 19.7. The van der Waals surface area contributed by atoms with E-state index >= 15 is 0 Å². The number of aromatic nitrogens is 1. The van der Waals surface area contributed by atoms with Crippen LogP contribution in [-0.2, 0) is 0 Å². The lowest BCUT2D eigenvalue weighted by Gasteiger charge is -2.22. The molecule has 1 atom stereocenters. The average molecular weight is 401 g/mol. The van der Waals surface area contributed by atoms with Crippen LogP contribution in [0.4, 0.5) is 0 Å². The highest BCUT2D eigenvalue weighted by molar-refractivity contribution is 7.23. The molecule has 2 aromatic heterocycles. The van der Waals surface area contributed by atoms with Crippen LogP contribution in [0.3, 0.4) is 0 Å². The maximum atomic E-state index is 12.4. The quantitative estimate of drug-likeness (QED) is 0.852. The molecule has 0 aliphatic carbocycles. The van der Waals surface area contributed by atoms with Crippen LogP contribution in [0.25, 0.3) is 9.88 Å². The smallest absolute Gasteiger partial charge is 0.273 e. The van der Waals surface area contributed by atoms with Gasteiger partial charge in [-0.05, 0) is 25.1 Å². The van der Waals surface area contributed by atoms with E-state index in [9.17, 15) is 4.79 Å². The van der Waals surface area contributed by atoms with E-state index in [0.717, 1.165) is 33.7 Å². The summed E-state index contributed by atoms with van der Waals surface area (Å²) in [7, 11) is 1.85. The van der Waals surface area contributed by atoms with Crippen LogP contribution in [0.2, 0.25) is 4.34 Å². The van der Waals surface area contributed by atoms with Gasteiger partial charge in [0, 0.05) is 25.0 Å². The summed E-state index contributed by atoms with van der Waals surface area (Å²) >= 11 is 8.89. The fourth-order valence-corrected chi connectivity index (χ4v) is 4.14. The van der Waals surface area contributed by atoms with Gasteiger partial charge in [0.1, 0.15) is 10.7 Å². The van der Waals surface area contributed by atoms with Crippen LogP contribution in [0.15, 0.2) is 17.5 Å². The largest absolute Gasteiger partial charge is 0.336 e. The van der Waals surface area contributed by atoms with Crippen LogP contribution < -0.4 is 5.32 Å². The number of hydrogen-bond acceptors (Lipinski definition) is 5. The van der Waals surface area contributed by atoms with Crippen molar-refractivity contribution in [3.8, 4) is 9.88 Å². The molecule has 1 amide bonds. The van der Waals surface area contributed by atoms with Crippen molar-refractivity contribution in [2.45, 2.75) is 12.5 Å². The number of thiazole rings is 1. The Labute approximate surface area is 154 Å². The van der Waals surface area contributed by atoms with E-state index in [1.54, 1.807) is 4.90 Å². The van der Waals surface area contributed by atoms with Gasteiger partial charge in [-0.3, -0.25) is 4.79 Å². The number of nitrogens with one attached hydrogen (secondary N) is 1. The van der Waals surface area contributed by atoms with E-state index in [1.165, 1.54) is 22.7 Å². The molecule has 3 heterocycles. The Hall–Kier alpha value is -0.370. The molecule has 1 unspecified atom stereocenters. The van der Waals surface area contributed by atoms with E-state index < -0.39 is 0 Å². The summed E-state index contributed by atoms with van der Waals surface area (Å²) in [4.78, 5) is 19.6. The van der Waals surface area contributed by atoms with Gasteiger partial charge in [-0.2, -0.15) is 0 Å². The van der Waals surface area contributed by atoms with Gasteiger partial charge in [0.15, 0.2) is 0 Å². The maximum absolute atomic E-state index is 12.4. The van der Waals surface area contributed by atoms with Crippen molar-refractivity contribution in [1.29, 1.82) is 0 Å². The second-order valence-corrected chi connectivity index (χ2v) is 7.28. The summed E-state index contributed by atoms with van der Waals surface area (Å²) in [5, 5.41) is 5.94. The highest BCUT2D eigenvalue weighted by atomic mass is 35.5. The zero-order valence-electron chi connectivity index (χ0n) is 11.7. The van der Waals surface area contributed by atoms with Crippen molar-refractivity contribution in [2.75, 3.05) is 20.1 Å². The molecular formula is C13H16Cl3N3OS2. The topological polar surface area (TPSA) is 45.2 Å². The number of nitrogens with zero attached hydrogens (tertiary/aromatic N) is 2. The molecule has 1 aliphatic heterocycles. The van der Waals surface area contributed by atoms with Gasteiger partial charge >= 0.3 is 0 Å². The van der Waals surface area contributed by atoms with Crippen molar-refractivity contribution in [3.05, 3.63) is 27.5 Å². The van der Waals surface area contributed by atoms with E-state index in [1.807, 2.05) is 24.6 Å². The molecule has 1 fully saturated rings. The molecular weight excluding hydrogens is 385 g/mol. The van der Waals surface area contributed by atoms with Crippen LogP contribution in [0.1, 0.15) is 16.9 Å². The molecule has 1 saturated heterocycles. The van der Waals surface area contributed by atoms with Crippen molar-refractivity contribution in [3.63, 3.8) is 0 Å². The molecule has 2 aromatic rings. The predicted molar refractivity (Wildman–Crippen MR) is 98.3 cm³/mol. The second kappa shape index (κ2) is 8.47. The molecule has 0 saturated carbocycles. The highest BCUT2D eigenvalue weighted by Crippen LogP contribution is 2.33. The number of halogens is 3. The molecule has 1 N–H and O–H groups in total. The van der Waals surface area contributed by atoms with Crippen molar-refractivity contribution >= 4 is 65.0 Å². The maximum Gasteiger partial charge on any atom is 0.273 e. The first-order valence-corrected chi connectivity index (χ1v) is 8.41. The number of rotatable bonds is 3. The van der Waals surface area contributed by atoms with Gasteiger partial charge < -0.3 is 10.2 Å². The third-order valence-electron chi connectivity index (χ3n) is 3.41. The first-order valence-electron chi connectivity index (χ1n) is 6.34. The standard InChI is InChI=1S/C13H14ClN3OS2.2ClH/c1-17(8-4-5-15-6-8)13(18)9-7-19-12(16-9)10-2-3-11(14)20-10;;/h2-3,7-8,15H,4-6H2,1H3;2*1H. The van der Waals surface area contributed by atoms with Crippen LogP contribution in [0.5, 0.6) is 0 Å². The number of likely N-dealkylation sites (N-methyl/N-ethyl adjacent to an activating group) is 1. The molecule has 122 valence electrons. The lowest BCUT2D eigenvalue weighted by atomic mass is 10.2. The molecule has 0 radical (unpaired) electrons. The summed E-state index contributed by atoms with van der Waals surface area (Å²) in [5.41, 5.74) is 0.518. The van der Waals surface area contributed by atoms with Gasteiger partial charge in [0.05, 0.1) is 9.21 Å². The Morgan fingerprint density at radius 3 is 2.82 bits per heavy atom. The van der Waals surface area contributed by atoms with E-state index in [2.05, 4.69) is 10.3 Å². The zero-order chi connectivity index (χ0) is 14.1. The van der Waals surface area contributed by atoms with E-state index in [4.69, 9.17) is 11.6 Å². The van der Waals surface area contributed by atoms with Gasteiger partial charge in [-0.15, -0.1) is 47.5 Å². The number of hydrogen-bond donors (Lipinski definition) is 1. The molecule has 3 rings (SSSR count). The third kappa shape index (κ3) is 4.13. The molecule has 0 aromatic carbocycles. The summed E-state index contributed by atoms with van der Waals surface area (Å²) in [5.74, 6) is -0.0103. The Kier molecular flexibility index (Phi) is 7.58. The SMILES string of the molecule is CN(C(=O)c1csc(-c2ccc(Cl)s2)n1)C1CCNC1.Cl.Cl.